The lowest BCUT2D eigenvalue weighted by Crippen LogP contribution is -2.20. The van der Waals surface area contributed by atoms with Crippen molar-refractivity contribution in [3.8, 4) is 0 Å². The molecule has 0 radical (unpaired) electrons. The molecule has 0 saturated heterocycles. The number of nitrogens with one attached hydrogen (secondary N) is 1. The zero-order valence-corrected chi connectivity index (χ0v) is 11.8. The number of pyridine rings is 1. The summed E-state index contributed by atoms with van der Waals surface area (Å²) in [6, 6.07) is 2.82. The number of carboxylic acids is 1. The molecule has 4 nitrogen and oxygen atoms in total. The fourth-order valence-electron chi connectivity index (χ4n) is 1.55. The second kappa shape index (κ2) is 5.90. The molecule has 0 saturated carbocycles. The predicted molar refractivity (Wildman–Crippen MR) is 72.6 cm³/mol. The van der Waals surface area contributed by atoms with Crippen molar-refractivity contribution < 1.29 is 23.1 Å². The minimum Gasteiger partial charge on any atom is -0.479 e. The van der Waals surface area contributed by atoms with E-state index in [0.717, 1.165) is 0 Å². The average molecular weight is 337 g/mol. The van der Waals surface area contributed by atoms with Gasteiger partial charge < -0.3 is 10.4 Å². The van der Waals surface area contributed by atoms with Crippen LogP contribution in [0.2, 0.25) is 5.02 Å². The number of carbonyl (C=O) groups is 1. The van der Waals surface area contributed by atoms with Gasteiger partial charge in [0.25, 0.3) is 0 Å². The van der Waals surface area contributed by atoms with Gasteiger partial charge in [0.1, 0.15) is 5.82 Å². The van der Waals surface area contributed by atoms with Crippen LogP contribution in [-0.4, -0.2) is 16.1 Å². The number of thiophene rings is 1. The fraction of sp³-hybridized carbons (Fsp3) is 0.167. The predicted octanol–water partition coefficient (Wildman–Crippen LogP) is 4.05. The Balaban J connectivity index is 2.28. The molecular weight excluding hydrogens is 329 g/mol. The summed E-state index contributed by atoms with van der Waals surface area (Å²) >= 11 is 6.93. The van der Waals surface area contributed by atoms with Crippen molar-refractivity contribution in [2.24, 2.45) is 0 Å². The van der Waals surface area contributed by atoms with Crippen molar-refractivity contribution in [3.63, 3.8) is 0 Å². The first-order valence-corrected chi connectivity index (χ1v) is 6.80. The van der Waals surface area contributed by atoms with Gasteiger partial charge in [0.05, 0.1) is 10.6 Å². The molecule has 1 atom stereocenters. The lowest BCUT2D eigenvalue weighted by Gasteiger charge is -2.15. The van der Waals surface area contributed by atoms with Gasteiger partial charge in [0.15, 0.2) is 6.04 Å². The Morgan fingerprint density at radius 3 is 2.67 bits per heavy atom. The smallest absolute Gasteiger partial charge is 0.417 e. The number of aliphatic carboxylic acids is 1. The molecule has 0 aliphatic carbocycles. The highest BCUT2D eigenvalue weighted by atomic mass is 35.5. The highest BCUT2D eigenvalue weighted by molar-refractivity contribution is 7.10. The van der Waals surface area contributed by atoms with Gasteiger partial charge in [-0.15, -0.1) is 11.3 Å². The quantitative estimate of drug-likeness (QED) is 0.884. The molecule has 2 N–H and O–H groups in total. The Kier molecular flexibility index (Phi) is 4.38. The molecule has 0 fully saturated rings. The van der Waals surface area contributed by atoms with Crippen molar-refractivity contribution >= 4 is 34.7 Å². The van der Waals surface area contributed by atoms with Gasteiger partial charge in [0, 0.05) is 11.1 Å². The summed E-state index contributed by atoms with van der Waals surface area (Å²) in [5.41, 5.74) is -0.999. The van der Waals surface area contributed by atoms with Crippen LogP contribution in [0.3, 0.4) is 0 Å². The van der Waals surface area contributed by atoms with E-state index in [1.807, 2.05) is 0 Å². The standard InChI is InChI=1S/C12H8ClF3N2O2S/c13-7-4-6(12(14,15)16)5-17-10(7)18-9(11(19)20)8-2-1-3-21-8/h1-5,9H,(H,17,18)(H,19,20). The Morgan fingerprint density at radius 2 is 2.19 bits per heavy atom. The number of nitrogens with zero attached hydrogens (tertiary/aromatic N) is 1. The highest BCUT2D eigenvalue weighted by Crippen LogP contribution is 2.33. The Hall–Kier alpha value is -1.80. The van der Waals surface area contributed by atoms with Crippen molar-refractivity contribution in [1.29, 1.82) is 0 Å². The first kappa shape index (κ1) is 15.6. The molecule has 0 aliphatic rings. The van der Waals surface area contributed by atoms with Crippen LogP contribution in [0, 0.1) is 0 Å². The van der Waals surface area contributed by atoms with Crippen LogP contribution < -0.4 is 5.32 Å². The second-order valence-electron chi connectivity index (χ2n) is 3.98. The van der Waals surface area contributed by atoms with E-state index in [2.05, 4.69) is 10.3 Å². The molecule has 0 aromatic carbocycles. The largest absolute Gasteiger partial charge is 0.479 e. The Labute approximate surface area is 126 Å². The number of halogens is 4. The third kappa shape index (κ3) is 3.64. The summed E-state index contributed by atoms with van der Waals surface area (Å²) in [6.45, 7) is 0. The zero-order chi connectivity index (χ0) is 15.6. The minimum atomic E-state index is -4.56. The molecule has 9 heteroatoms. The van der Waals surface area contributed by atoms with Crippen molar-refractivity contribution in [2.45, 2.75) is 12.2 Å². The van der Waals surface area contributed by atoms with Crippen LogP contribution in [0.25, 0.3) is 0 Å². The van der Waals surface area contributed by atoms with E-state index in [1.54, 1.807) is 17.5 Å². The highest BCUT2D eigenvalue weighted by Gasteiger charge is 2.32. The minimum absolute atomic E-state index is 0.120. The maximum absolute atomic E-state index is 12.5. The first-order chi connectivity index (χ1) is 9.79. The van der Waals surface area contributed by atoms with Gasteiger partial charge in [-0.25, -0.2) is 9.78 Å². The zero-order valence-electron chi connectivity index (χ0n) is 10.2. The van der Waals surface area contributed by atoms with Crippen molar-refractivity contribution in [3.05, 3.63) is 45.2 Å². The van der Waals surface area contributed by atoms with E-state index in [1.165, 1.54) is 11.3 Å². The maximum atomic E-state index is 12.5. The van der Waals surface area contributed by atoms with E-state index in [0.29, 0.717) is 17.1 Å². The van der Waals surface area contributed by atoms with Crippen molar-refractivity contribution in [2.75, 3.05) is 5.32 Å². The third-order valence-corrected chi connectivity index (χ3v) is 3.75. The van der Waals surface area contributed by atoms with Gasteiger partial charge >= 0.3 is 12.1 Å². The van der Waals surface area contributed by atoms with E-state index in [9.17, 15) is 23.1 Å². The molecule has 0 aliphatic heterocycles. The molecule has 112 valence electrons. The van der Waals surface area contributed by atoms with E-state index in [-0.39, 0.29) is 10.8 Å². The van der Waals surface area contributed by atoms with Gasteiger partial charge in [0.2, 0.25) is 0 Å². The number of aromatic nitrogens is 1. The summed E-state index contributed by atoms with van der Waals surface area (Å²) in [4.78, 5) is 15.3. The van der Waals surface area contributed by atoms with Gasteiger partial charge in [-0.3, -0.25) is 0 Å². The lowest BCUT2D eigenvalue weighted by molar-refractivity contribution is -0.139. The molecule has 2 aromatic heterocycles. The topological polar surface area (TPSA) is 62.2 Å². The summed E-state index contributed by atoms with van der Waals surface area (Å²) in [5.74, 6) is -1.30. The first-order valence-electron chi connectivity index (χ1n) is 5.54. The monoisotopic (exact) mass is 336 g/mol. The second-order valence-corrected chi connectivity index (χ2v) is 5.37. The molecule has 2 aromatic rings. The number of hydrogen-bond donors (Lipinski definition) is 2. The van der Waals surface area contributed by atoms with E-state index < -0.39 is 23.8 Å². The van der Waals surface area contributed by atoms with Crippen LogP contribution in [0.15, 0.2) is 29.8 Å². The van der Waals surface area contributed by atoms with Crippen LogP contribution >= 0.6 is 22.9 Å². The number of hydrogen-bond acceptors (Lipinski definition) is 4. The molecule has 21 heavy (non-hydrogen) atoms. The number of alkyl halides is 3. The third-order valence-electron chi connectivity index (χ3n) is 2.52. The Bertz CT molecular complexity index is 646. The van der Waals surface area contributed by atoms with E-state index in [4.69, 9.17) is 11.6 Å². The number of carboxylic acid groups (broad SMARTS) is 1. The normalized spacial score (nSPS) is 13.0. The molecule has 1 unspecified atom stereocenters. The molecule has 2 heterocycles. The lowest BCUT2D eigenvalue weighted by atomic mass is 10.2. The molecule has 2 rings (SSSR count). The van der Waals surface area contributed by atoms with Gasteiger partial charge in [-0.2, -0.15) is 13.2 Å². The number of rotatable bonds is 4. The summed E-state index contributed by atoms with van der Waals surface area (Å²) in [6.07, 6.45) is -3.96. The molecular formula is C12H8ClF3N2O2S. The van der Waals surface area contributed by atoms with Crippen LogP contribution in [0.5, 0.6) is 0 Å². The summed E-state index contributed by atoms with van der Waals surface area (Å²) in [7, 11) is 0. The summed E-state index contributed by atoms with van der Waals surface area (Å²) < 4.78 is 37.5. The molecule has 0 amide bonds. The average Bonchev–Trinajstić information content (AvgIpc) is 2.89. The van der Waals surface area contributed by atoms with Gasteiger partial charge in [-0.1, -0.05) is 17.7 Å². The molecule has 0 spiro atoms. The Morgan fingerprint density at radius 1 is 1.48 bits per heavy atom. The van der Waals surface area contributed by atoms with Crippen LogP contribution in [0.1, 0.15) is 16.5 Å². The van der Waals surface area contributed by atoms with Gasteiger partial charge in [-0.05, 0) is 17.5 Å². The summed E-state index contributed by atoms with van der Waals surface area (Å²) in [5, 5.41) is 13.1. The van der Waals surface area contributed by atoms with Crippen LogP contribution in [-0.2, 0) is 11.0 Å². The fourth-order valence-corrected chi connectivity index (χ4v) is 2.53. The van der Waals surface area contributed by atoms with E-state index >= 15 is 0 Å². The van der Waals surface area contributed by atoms with Crippen LogP contribution in [0.4, 0.5) is 19.0 Å². The maximum Gasteiger partial charge on any atom is 0.417 e. The SMILES string of the molecule is O=C(O)C(Nc1ncc(C(F)(F)F)cc1Cl)c1cccs1. The van der Waals surface area contributed by atoms with Crippen molar-refractivity contribution in [1.82, 2.24) is 4.98 Å². The molecule has 0 bridgehead atoms. The number of anilines is 1.